The number of benzene rings is 3. The van der Waals surface area contributed by atoms with Gasteiger partial charge in [0.1, 0.15) is 25.2 Å². The molecule has 14 heteroatoms. The number of phenols is 2. The van der Waals surface area contributed by atoms with Gasteiger partial charge in [0.2, 0.25) is 6.79 Å². The molecule has 0 amide bonds. The zero-order chi connectivity index (χ0) is 37.8. The van der Waals surface area contributed by atoms with Crippen LogP contribution in [0.2, 0.25) is 0 Å². The van der Waals surface area contributed by atoms with Gasteiger partial charge in [-0.2, -0.15) is 0 Å². The van der Waals surface area contributed by atoms with E-state index in [-0.39, 0.29) is 49.0 Å². The Balaban J connectivity index is 1.31. The zero-order valence-electron chi connectivity index (χ0n) is 30.9. The summed E-state index contributed by atoms with van der Waals surface area (Å²) in [6.07, 6.45) is 1.79. The fourth-order valence-electron chi connectivity index (χ4n) is 10.0. The number of esters is 1. The second-order valence-corrected chi connectivity index (χ2v) is 16.1. The van der Waals surface area contributed by atoms with Crippen molar-refractivity contribution in [2.75, 3.05) is 53.6 Å². The van der Waals surface area contributed by atoms with Gasteiger partial charge < -0.3 is 43.7 Å². The van der Waals surface area contributed by atoms with Crippen molar-refractivity contribution < 1.29 is 48.5 Å². The topological polar surface area (TPSA) is 152 Å². The first-order chi connectivity index (χ1) is 26.1. The van der Waals surface area contributed by atoms with Gasteiger partial charge in [-0.15, -0.1) is 11.8 Å². The number of aromatic hydroxyl groups is 2. The molecule has 286 valence electrons. The molecule has 7 heterocycles. The van der Waals surface area contributed by atoms with Crippen molar-refractivity contribution in [3.63, 3.8) is 0 Å². The van der Waals surface area contributed by atoms with Crippen LogP contribution in [0.25, 0.3) is 0 Å². The first-order valence-electron chi connectivity index (χ1n) is 18.3. The number of ether oxygens (including phenoxy) is 6. The quantitative estimate of drug-likeness (QED) is 0.219. The van der Waals surface area contributed by atoms with Crippen molar-refractivity contribution in [3.05, 3.63) is 75.4 Å². The summed E-state index contributed by atoms with van der Waals surface area (Å²) in [6.45, 7) is 8.39. The predicted molar refractivity (Wildman–Crippen MR) is 199 cm³/mol. The first-order valence-corrected chi connectivity index (χ1v) is 19.3. The Morgan fingerprint density at radius 3 is 2.61 bits per heavy atom. The zero-order valence-corrected chi connectivity index (χ0v) is 31.7. The van der Waals surface area contributed by atoms with Crippen molar-refractivity contribution in [1.82, 2.24) is 15.1 Å². The molecule has 7 aliphatic heterocycles. The van der Waals surface area contributed by atoms with Crippen molar-refractivity contribution in [1.29, 1.82) is 0 Å². The maximum Gasteiger partial charge on any atom is 0.331 e. The lowest BCUT2D eigenvalue weighted by Gasteiger charge is -2.62. The molecule has 13 nitrogen and oxygen atoms in total. The summed E-state index contributed by atoms with van der Waals surface area (Å²) in [5.41, 5.74) is 5.12. The Labute approximate surface area is 317 Å². The molecule has 1 spiro atoms. The van der Waals surface area contributed by atoms with E-state index in [1.165, 1.54) is 7.11 Å². The fourth-order valence-corrected chi connectivity index (χ4v) is 11.7. The minimum absolute atomic E-state index is 0.00333. The molecule has 3 aromatic carbocycles. The van der Waals surface area contributed by atoms with Crippen LogP contribution in [0.3, 0.4) is 0 Å². The number of aryl methyl sites for hydroxylation is 1. The highest BCUT2D eigenvalue weighted by molar-refractivity contribution is 7.99. The van der Waals surface area contributed by atoms with Crippen LogP contribution >= 0.6 is 11.8 Å². The number of hydrogen-bond donors (Lipinski definition) is 4. The van der Waals surface area contributed by atoms with E-state index in [1.807, 2.05) is 20.9 Å². The largest absolute Gasteiger partial charge is 0.504 e. The number of carbonyl (C=O) groups excluding carboxylic acids is 1. The van der Waals surface area contributed by atoms with Crippen molar-refractivity contribution >= 4 is 17.7 Å². The predicted octanol–water partition coefficient (Wildman–Crippen LogP) is 4.05. The number of nitrogens with zero attached hydrogens (tertiary/aromatic N) is 2. The fraction of sp³-hybridized carbons (Fsp3) is 0.475. The minimum atomic E-state index is -1.30. The number of aliphatic hydroxyl groups is 1. The molecule has 10 rings (SSSR count). The summed E-state index contributed by atoms with van der Waals surface area (Å²) >= 11 is 1.56. The number of likely N-dealkylation sites (N-methyl/N-ethyl adjacent to an activating group) is 1. The second kappa shape index (κ2) is 12.9. The molecule has 0 radical (unpaired) electrons. The van der Waals surface area contributed by atoms with E-state index in [1.54, 1.807) is 37.1 Å². The Kier molecular flexibility index (Phi) is 8.43. The van der Waals surface area contributed by atoms with Crippen LogP contribution in [-0.2, 0) is 27.9 Å². The average molecular weight is 760 g/mol. The van der Waals surface area contributed by atoms with Crippen LogP contribution in [0, 0.1) is 13.8 Å². The SMILES string of the molecule is C=CCOc1c(C)c2c(c3c1[C@H]1SC[C@]4(NCCc5cc(O)c(OC)cc54)C(=O)OC[C@H]3N3C1[C@H]1c4c(cc(C)c(OC)c4O)C[C@H]([C@@H]3O)N1C)OCO2. The highest BCUT2D eigenvalue weighted by Gasteiger charge is 2.61. The highest BCUT2D eigenvalue weighted by atomic mass is 32.2. The Morgan fingerprint density at radius 2 is 1.85 bits per heavy atom. The molecule has 7 aliphatic rings. The van der Waals surface area contributed by atoms with Gasteiger partial charge in [0, 0.05) is 40.6 Å². The molecule has 2 fully saturated rings. The number of methoxy groups -OCH3 is 2. The molecule has 0 aliphatic carbocycles. The van der Waals surface area contributed by atoms with Crippen molar-refractivity contribution in [2.24, 2.45) is 0 Å². The van der Waals surface area contributed by atoms with E-state index >= 15 is 0 Å². The van der Waals surface area contributed by atoms with Crippen LogP contribution in [0.1, 0.15) is 61.8 Å². The Morgan fingerprint density at radius 1 is 1.06 bits per heavy atom. The minimum Gasteiger partial charge on any atom is -0.504 e. The lowest BCUT2D eigenvalue weighted by Crippen LogP contribution is -2.70. The second-order valence-electron chi connectivity index (χ2n) is 14.9. The number of hydrogen-bond acceptors (Lipinski definition) is 14. The van der Waals surface area contributed by atoms with Crippen molar-refractivity contribution in [2.45, 2.75) is 67.9 Å². The third-order valence-electron chi connectivity index (χ3n) is 12.4. The molecule has 4 N–H and O–H groups in total. The number of nitrogens with one attached hydrogen (secondary N) is 1. The highest BCUT2D eigenvalue weighted by Crippen LogP contribution is 2.64. The van der Waals surface area contributed by atoms with Gasteiger partial charge in [0.25, 0.3) is 0 Å². The molecule has 3 aromatic rings. The standard InChI is InChI=1S/C40H45N3O10S/c1-7-10-50-34-19(3)35-36(53-17-52-35)28-24-15-51-39(47)40(22-14-26(48-5)25(44)13-20(22)8-9-41-40)16-54-37(29(28)34)31-30-27-21(11-18(2)33(49-6)32(27)45)12-23(42(30)4)38(46)43(24)31/h7,11,13-14,23-24,30-31,37-38,41,44-46H,1,8-10,12,15-17H2,2-6H3/t23-,24-,30-,31?,37-,38+,40-/m1/s1. The van der Waals surface area contributed by atoms with Gasteiger partial charge in [-0.05, 0) is 68.1 Å². The number of aliphatic hydroxyl groups excluding tert-OH is 1. The summed E-state index contributed by atoms with van der Waals surface area (Å²) in [5.74, 6) is 2.24. The molecular formula is C40H45N3O10S. The molecule has 4 bridgehead atoms. The van der Waals surface area contributed by atoms with Gasteiger partial charge in [0.05, 0.1) is 37.6 Å². The Hall–Kier alpha value is -4.34. The van der Waals surface area contributed by atoms with Crippen LogP contribution < -0.4 is 29.0 Å². The number of carbonyl (C=O) groups is 1. The van der Waals surface area contributed by atoms with Crippen LogP contribution in [-0.4, -0.2) is 103 Å². The monoisotopic (exact) mass is 759 g/mol. The average Bonchev–Trinajstić information content (AvgIpc) is 3.65. The van der Waals surface area contributed by atoms with E-state index in [9.17, 15) is 20.1 Å². The van der Waals surface area contributed by atoms with E-state index in [2.05, 4.69) is 27.8 Å². The number of rotatable bonds is 5. The van der Waals surface area contributed by atoms with E-state index in [4.69, 9.17) is 28.4 Å². The summed E-state index contributed by atoms with van der Waals surface area (Å²) in [4.78, 5) is 19.0. The van der Waals surface area contributed by atoms with Gasteiger partial charge in [-0.25, -0.2) is 4.79 Å². The summed E-state index contributed by atoms with van der Waals surface area (Å²) in [5, 5.41) is 38.4. The van der Waals surface area contributed by atoms with Crippen molar-refractivity contribution in [3.8, 4) is 40.2 Å². The third-order valence-corrected chi connectivity index (χ3v) is 13.8. The number of thioether (sulfide) groups is 1. The molecular weight excluding hydrogens is 715 g/mol. The van der Waals surface area contributed by atoms with Gasteiger partial charge >= 0.3 is 5.97 Å². The first kappa shape index (κ1) is 35.4. The summed E-state index contributed by atoms with van der Waals surface area (Å²) in [6, 6.07) is 3.54. The normalized spacial score (nSPS) is 29.4. The van der Waals surface area contributed by atoms with E-state index < -0.39 is 41.1 Å². The molecule has 0 aromatic heterocycles. The molecule has 1 unspecified atom stereocenters. The van der Waals surface area contributed by atoms with Crippen LogP contribution in [0.4, 0.5) is 0 Å². The smallest absolute Gasteiger partial charge is 0.331 e. The molecule has 7 atom stereocenters. The van der Waals surface area contributed by atoms with Crippen LogP contribution in [0.5, 0.6) is 40.2 Å². The Bertz CT molecular complexity index is 2090. The summed E-state index contributed by atoms with van der Waals surface area (Å²) in [7, 11) is 5.05. The van der Waals surface area contributed by atoms with Gasteiger partial charge in [0.15, 0.2) is 40.0 Å². The number of piperazine rings is 1. The lowest BCUT2D eigenvalue weighted by atomic mass is 9.73. The van der Waals surface area contributed by atoms with E-state index in [0.29, 0.717) is 47.9 Å². The molecule has 2 saturated heterocycles. The third kappa shape index (κ3) is 4.76. The molecule has 54 heavy (non-hydrogen) atoms. The number of phenolic OH excluding ortho intramolecular Hbond substituents is 2. The lowest BCUT2D eigenvalue weighted by molar-refractivity contribution is -0.186. The maximum absolute atomic E-state index is 14.7. The number of fused-ring (bicyclic) bond motifs is 9. The summed E-state index contributed by atoms with van der Waals surface area (Å²) < 4.78 is 36.6. The van der Waals surface area contributed by atoms with E-state index in [0.717, 1.165) is 38.9 Å². The van der Waals surface area contributed by atoms with Crippen LogP contribution in [0.15, 0.2) is 30.9 Å². The molecule has 0 saturated carbocycles. The van der Waals surface area contributed by atoms with Gasteiger partial charge in [-0.1, -0.05) is 18.7 Å². The maximum atomic E-state index is 14.7. The van der Waals surface area contributed by atoms with Gasteiger partial charge in [-0.3, -0.25) is 15.1 Å².